The maximum atomic E-state index is 12.2. The number of H-pyrrole nitrogens is 1. The number of aromatic nitrogens is 2. The van der Waals surface area contributed by atoms with Gasteiger partial charge in [-0.05, 0) is 32.9 Å². The van der Waals surface area contributed by atoms with Gasteiger partial charge >= 0.3 is 6.09 Å². The molecule has 0 saturated carbocycles. The van der Waals surface area contributed by atoms with Crippen LogP contribution < -0.4 is 10.6 Å². The Labute approximate surface area is 158 Å². The number of pyridine rings is 1. The van der Waals surface area contributed by atoms with Gasteiger partial charge < -0.3 is 25.3 Å². The fourth-order valence-corrected chi connectivity index (χ4v) is 2.97. The number of hydrogen-bond donors (Lipinski definition) is 2. The summed E-state index contributed by atoms with van der Waals surface area (Å²) in [5.74, 6) is -0.494. The van der Waals surface area contributed by atoms with E-state index in [9.17, 15) is 9.59 Å². The van der Waals surface area contributed by atoms with Crippen LogP contribution in [-0.2, 0) is 9.53 Å². The lowest BCUT2D eigenvalue weighted by Gasteiger charge is -2.36. The molecule has 1 aliphatic heterocycles. The largest absolute Gasteiger partial charge is 0.444 e. The Morgan fingerprint density at radius 1 is 1.26 bits per heavy atom. The minimum atomic E-state index is -0.494. The van der Waals surface area contributed by atoms with E-state index in [4.69, 9.17) is 10.5 Å². The van der Waals surface area contributed by atoms with E-state index in [1.165, 1.54) is 6.08 Å². The SMILES string of the molecule is CC(C)(C)OC(=O)N1CCN(c2cnc3[nH]cc(C=CC(N)=O)c3c2)CC1. The first-order chi connectivity index (χ1) is 12.7. The molecule has 8 nitrogen and oxygen atoms in total. The van der Waals surface area contributed by atoms with Crippen molar-refractivity contribution in [3.05, 3.63) is 30.1 Å². The average Bonchev–Trinajstić information content (AvgIpc) is 3.01. The summed E-state index contributed by atoms with van der Waals surface area (Å²) in [6.07, 6.45) is 6.33. The van der Waals surface area contributed by atoms with Gasteiger partial charge in [-0.1, -0.05) is 0 Å². The third kappa shape index (κ3) is 4.58. The number of carbonyl (C=O) groups is 2. The molecule has 0 bridgehead atoms. The number of primary amides is 1. The molecular formula is C19H25N5O3. The average molecular weight is 371 g/mol. The number of aromatic amines is 1. The molecule has 1 aliphatic rings. The predicted molar refractivity (Wildman–Crippen MR) is 104 cm³/mol. The molecule has 3 rings (SSSR count). The summed E-state index contributed by atoms with van der Waals surface area (Å²) in [5, 5.41) is 0.916. The number of carbonyl (C=O) groups excluding carboxylic acids is 2. The van der Waals surface area contributed by atoms with Crippen LogP contribution in [0.2, 0.25) is 0 Å². The number of hydrogen-bond acceptors (Lipinski definition) is 5. The van der Waals surface area contributed by atoms with Gasteiger partial charge in [0.05, 0.1) is 11.9 Å². The van der Waals surface area contributed by atoms with E-state index >= 15 is 0 Å². The molecule has 0 spiro atoms. The fraction of sp³-hybridized carbons (Fsp3) is 0.421. The van der Waals surface area contributed by atoms with E-state index in [-0.39, 0.29) is 6.09 Å². The van der Waals surface area contributed by atoms with Crippen LogP contribution >= 0.6 is 0 Å². The highest BCUT2D eigenvalue weighted by atomic mass is 16.6. The summed E-state index contributed by atoms with van der Waals surface area (Å²) in [6, 6.07) is 2.03. The lowest BCUT2D eigenvalue weighted by Crippen LogP contribution is -2.50. The van der Waals surface area contributed by atoms with E-state index in [0.717, 1.165) is 22.3 Å². The fourth-order valence-electron chi connectivity index (χ4n) is 2.97. The number of rotatable bonds is 3. The van der Waals surface area contributed by atoms with Gasteiger partial charge in [-0.3, -0.25) is 4.79 Å². The maximum Gasteiger partial charge on any atom is 0.410 e. The number of anilines is 1. The number of nitrogens with zero attached hydrogens (tertiary/aromatic N) is 3. The van der Waals surface area contributed by atoms with Gasteiger partial charge in [-0.2, -0.15) is 0 Å². The van der Waals surface area contributed by atoms with Gasteiger partial charge in [-0.25, -0.2) is 9.78 Å². The van der Waals surface area contributed by atoms with Crippen molar-refractivity contribution in [3.8, 4) is 0 Å². The molecule has 27 heavy (non-hydrogen) atoms. The first kappa shape index (κ1) is 18.8. The summed E-state index contributed by atoms with van der Waals surface area (Å²) in [4.78, 5) is 34.6. The minimum absolute atomic E-state index is 0.278. The first-order valence-corrected chi connectivity index (χ1v) is 8.90. The first-order valence-electron chi connectivity index (χ1n) is 8.90. The van der Waals surface area contributed by atoms with Crippen molar-refractivity contribution >= 4 is 34.8 Å². The molecule has 0 unspecified atom stereocenters. The predicted octanol–water partition coefficient (Wildman–Crippen LogP) is 2.12. The standard InChI is InChI=1S/C19H25N5O3/c1-19(2,3)27-18(26)24-8-6-23(7-9-24)14-10-15-13(4-5-16(20)25)11-21-17(15)22-12-14/h4-5,10-12H,6-9H2,1-3H3,(H2,20,25)(H,21,22). The van der Waals surface area contributed by atoms with Crippen LogP contribution in [0, 0.1) is 0 Å². The minimum Gasteiger partial charge on any atom is -0.444 e. The lowest BCUT2D eigenvalue weighted by molar-refractivity contribution is -0.113. The summed E-state index contributed by atoms with van der Waals surface area (Å²) in [7, 11) is 0. The molecule has 0 aromatic carbocycles. The van der Waals surface area contributed by atoms with Gasteiger partial charge in [0, 0.05) is 49.4 Å². The normalized spacial score (nSPS) is 15.5. The summed E-state index contributed by atoms with van der Waals surface area (Å²) < 4.78 is 5.43. The van der Waals surface area contributed by atoms with Crippen molar-refractivity contribution in [1.82, 2.24) is 14.9 Å². The maximum absolute atomic E-state index is 12.2. The van der Waals surface area contributed by atoms with Crippen LogP contribution in [0.15, 0.2) is 24.5 Å². The van der Waals surface area contributed by atoms with Gasteiger partial charge in [0.2, 0.25) is 5.91 Å². The topological polar surface area (TPSA) is 105 Å². The van der Waals surface area contributed by atoms with Crippen LogP contribution in [-0.4, -0.2) is 58.6 Å². The zero-order valence-corrected chi connectivity index (χ0v) is 15.9. The molecule has 144 valence electrons. The molecule has 1 saturated heterocycles. The smallest absolute Gasteiger partial charge is 0.410 e. The Kier molecular flexibility index (Phi) is 5.07. The lowest BCUT2D eigenvalue weighted by atomic mass is 10.2. The van der Waals surface area contributed by atoms with Crippen LogP contribution in [0.5, 0.6) is 0 Å². The molecule has 2 aromatic heterocycles. The molecule has 3 N–H and O–H groups in total. The zero-order valence-electron chi connectivity index (χ0n) is 15.9. The molecule has 2 amide bonds. The summed E-state index contributed by atoms with van der Waals surface area (Å²) in [5.41, 5.74) is 7.25. The highest BCUT2D eigenvalue weighted by Crippen LogP contribution is 2.24. The van der Waals surface area contributed by atoms with Crippen molar-refractivity contribution in [2.24, 2.45) is 5.73 Å². The second-order valence-electron chi connectivity index (χ2n) is 7.52. The number of piperazine rings is 1. The number of amides is 2. The summed E-state index contributed by atoms with van der Waals surface area (Å²) >= 11 is 0. The zero-order chi connectivity index (χ0) is 19.6. The Morgan fingerprint density at radius 2 is 1.96 bits per heavy atom. The molecule has 8 heteroatoms. The highest BCUT2D eigenvalue weighted by molar-refractivity contribution is 5.95. The second-order valence-corrected chi connectivity index (χ2v) is 7.52. The third-order valence-electron chi connectivity index (χ3n) is 4.27. The van der Waals surface area contributed by atoms with E-state index in [2.05, 4.69) is 14.9 Å². The van der Waals surface area contributed by atoms with Crippen molar-refractivity contribution in [1.29, 1.82) is 0 Å². The van der Waals surface area contributed by atoms with Crippen LogP contribution in [0.25, 0.3) is 17.1 Å². The number of nitrogens with one attached hydrogen (secondary N) is 1. The van der Waals surface area contributed by atoms with Crippen LogP contribution in [0.1, 0.15) is 26.3 Å². The Morgan fingerprint density at radius 3 is 2.59 bits per heavy atom. The molecule has 2 aromatic rings. The number of ether oxygens (including phenoxy) is 1. The monoisotopic (exact) mass is 371 g/mol. The molecule has 0 radical (unpaired) electrons. The highest BCUT2D eigenvalue weighted by Gasteiger charge is 2.26. The Bertz CT molecular complexity index is 873. The molecule has 0 atom stereocenters. The second kappa shape index (κ2) is 7.30. The van der Waals surface area contributed by atoms with Gasteiger partial charge in [0.15, 0.2) is 0 Å². The van der Waals surface area contributed by atoms with Crippen LogP contribution in [0.3, 0.4) is 0 Å². The number of fused-ring (bicyclic) bond motifs is 1. The molecule has 0 aliphatic carbocycles. The van der Waals surface area contributed by atoms with Crippen molar-refractivity contribution < 1.29 is 14.3 Å². The molecular weight excluding hydrogens is 346 g/mol. The van der Waals surface area contributed by atoms with Gasteiger partial charge in [0.1, 0.15) is 11.2 Å². The molecule has 3 heterocycles. The van der Waals surface area contributed by atoms with Gasteiger partial charge in [0.25, 0.3) is 0 Å². The van der Waals surface area contributed by atoms with E-state index in [1.807, 2.05) is 33.0 Å². The van der Waals surface area contributed by atoms with Crippen LogP contribution in [0.4, 0.5) is 10.5 Å². The number of nitrogens with two attached hydrogens (primary N) is 1. The Hall–Kier alpha value is -3.03. The van der Waals surface area contributed by atoms with Crippen molar-refractivity contribution in [2.75, 3.05) is 31.1 Å². The Balaban J connectivity index is 1.71. The van der Waals surface area contributed by atoms with E-state index < -0.39 is 11.5 Å². The van der Waals surface area contributed by atoms with E-state index in [1.54, 1.807) is 17.2 Å². The third-order valence-corrected chi connectivity index (χ3v) is 4.27. The van der Waals surface area contributed by atoms with Gasteiger partial charge in [-0.15, -0.1) is 0 Å². The quantitative estimate of drug-likeness (QED) is 0.804. The van der Waals surface area contributed by atoms with Crippen molar-refractivity contribution in [3.63, 3.8) is 0 Å². The van der Waals surface area contributed by atoms with E-state index in [0.29, 0.717) is 26.2 Å². The van der Waals surface area contributed by atoms with Crippen molar-refractivity contribution in [2.45, 2.75) is 26.4 Å². The molecule has 1 fully saturated rings. The summed E-state index contributed by atoms with van der Waals surface area (Å²) in [6.45, 7) is 8.17.